The van der Waals surface area contributed by atoms with Gasteiger partial charge in [0.05, 0.1) is 5.39 Å². The monoisotopic (exact) mass is 281 g/mol. The molecule has 0 bridgehead atoms. The Labute approximate surface area is 116 Å². The van der Waals surface area contributed by atoms with Crippen LogP contribution in [0, 0.1) is 0 Å². The smallest absolute Gasteiger partial charge is 0.225 e. The fourth-order valence-electron chi connectivity index (χ4n) is 2.34. The number of rotatable bonds is 3. The summed E-state index contributed by atoms with van der Waals surface area (Å²) >= 11 is 8.10. The second kappa shape index (κ2) is 4.67. The van der Waals surface area contributed by atoms with Crippen molar-refractivity contribution in [3.05, 3.63) is 15.6 Å². The lowest BCUT2D eigenvalue weighted by Crippen LogP contribution is -2.15. The maximum atomic E-state index is 6.33. The first-order valence-electron chi connectivity index (χ1n) is 6.43. The number of hydrogen-bond donors (Lipinski definition) is 1. The molecular weight excluding hydrogens is 266 g/mol. The van der Waals surface area contributed by atoms with Gasteiger partial charge < -0.3 is 5.32 Å². The Morgan fingerprint density at radius 2 is 2.22 bits per heavy atom. The molecule has 96 valence electrons. The van der Waals surface area contributed by atoms with Gasteiger partial charge in [-0.3, -0.25) is 0 Å². The van der Waals surface area contributed by atoms with E-state index in [9.17, 15) is 0 Å². The quantitative estimate of drug-likeness (QED) is 0.863. The van der Waals surface area contributed by atoms with E-state index in [-0.39, 0.29) is 0 Å². The van der Waals surface area contributed by atoms with Gasteiger partial charge in [0.2, 0.25) is 5.95 Å². The van der Waals surface area contributed by atoms with Gasteiger partial charge in [0.1, 0.15) is 9.98 Å². The first kappa shape index (κ1) is 12.2. The molecule has 0 spiro atoms. The maximum Gasteiger partial charge on any atom is 0.225 e. The molecule has 0 amide bonds. The molecule has 3 nitrogen and oxygen atoms in total. The van der Waals surface area contributed by atoms with E-state index in [0.717, 1.165) is 23.1 Å². The molecule has 0 aliphatic heterocycles. The van der Waals surface area contributed by atoms with Crippen LogP contribution in [0.1, 0.15) is 37.1 Å². The third kappa shape index (κ3) is 1.97. The van der Waals surface area contributed by atoms with Crippen molar-refractivity contribution >= 4 is 39.1 Å². The number of fused-ring (bicyclic) bond motifs is 3. The van der Waals surface area contributed by atoms with Crippen LogP contribution in [0.2, 0.25) is 5.15 Å². The summed E-state index contributed by atoms with van der Waals surface area (Å²) in [6, 6.07) is 0.366. The SMILES string of the molecule is CCC(C)Nc1nc(Cl)c2c3c(sc2n1)CCC3. The third-order valence-electron chi connectivity index (χ3n) is 3.51. The first-order valence-corrected chi connectivity index (χ1v) is 7.62. The van der Waals surface area contributed by atoms with Crippen molar-refractivity contribution in [1.82, 2.24) is 9.97 Å². The van der Waals surface area contributed by atoms with Crippen LogP contribution < -0.4 is 5.32 Å². The zero-order valence-electron chi connectivity index (χ0n) is 10.6. The van der Waals surface area contributed by atoms with Gasteiger partial charge in [0.15, 0.2) is 0 Å². The first-order chi connectivity index (χ1) is 8.69. The number of nitrogens with one attached hydrogen (secondary N) is 1. The number of halogens is 1. The van der Waals surface area contributed by atoms with E-state index < -0.39 is 0 Å². The van der Waals surface area contributed by atoms with Gasteiger partial charge in [-0.2, -0.15) is 0 Å². The van der Waals surface area contributed by atoms with Crippen molar-refractivity contribution in [2.45, 2.75) is 45.6 Å². The Balaban J connectivity index is 2.06. The van der Waals surface area contributed by atoms with Crippen molar-refractivity contribution in [2.24, 2.45) is 0 Å². The van der Waals surface area contributed by atoms with Crippen LogP contribution >= 0.6 is 22.9 Å². The fourth-order valence-corrected chi connectivity index (χ4v) is 3.94. The zero-order chi connectivity index (χ0) is 12.7. The van der Waals surface area contributed by atoms with Crippen LogP contribution in [0.4, 0.5) is 5.95 Å². The Bertz CT molecular complexity index is 593. The number of thiophene rings is 1. The largest absolute Gasteiger partial charge is 0.352 e. The number of anilines is 1. The van der Waals surface area contributed by atoms with Gasteiger partial charge >= 0.3 is 0 Å². The standard InChI is InChI=1S/C13H16ClN3S/c1-3-7(2)15-13-16-11(14)10-8-5-4-6-9(8)18-12(10)17-13/h7H,3-6H2,1-2H3,(H,15,16,17). The van der Waals surface area contributed by atoms with Gasteiger partial charge in [-0.1, -0.05) is 18.5 Å². The lowest BCUT2D eigenvalue weighted by Gasteiger charge is -2.11. The predicted molar refractivity (Wildman–Crippen MR) is 77.8 cm³/mol. The van der Waals surface area contributed by atoms with E-state index >= 15 is 0 Å². The van der Waals surface area contributed by atoms with Gasteiger partial charge in [-0.25, -0.2) is 9.97 Å². The number of aryl methyl sites for hydroxylation is 2. The van der Waals surface area contributed by atoms with E-state index in [4.69, 9.17) is 11.6 Å². The molecule has 0 saturated carbocycles. The van der Waals surface area contributed by atoms with Crippen LogP contribution in [0.3, 0.4) is 0 Å². The minimum Gasteiger partial charge on any atom is -0.352 e. The summed E-state index contributed by atoms with van der Waals surface area (Å²) in [7, 11) is 0. The summed E-state index contributed by atoms with van der Waals surface area (Å²) < 4.78 is 0. The minimum absolute atomic E-state index is 0.366. The molecule has 1 atom stereocenters. The molecule has 1 aliphatic carbocycles. The Morgan fingerprint density at radius 3 is 3.00 bits per heavy atom. The average molecular weight is 282 g/mol. The summed E-state index contributed by atoms with van der Waals surface area (Å²) in [5.41, 5.74) is 1.38. The van der Waals surface area contributed by atoms with Crippen LogP contribution in [-0.2, 0) is 12.8 Å². The molecule has 2 aromatic rings. The fraction of sp³-hybridized carbons (Fsp3) is 0.538. The molecule has 0 fully saturated rings. The van der Waals surface area contributed by atoms with Crippen molar-refractivity contribution in [3.8, 4) is 0 Å². The van der Waals surface area contributed by atoms with Crippen LogP contribution in [-0.4, -0.2) is 16.0 Å². The number of nitrogens with zero attached hydrogens (tertiary/aromatic N) is 2. The highest BCUT2D eigenvalue weighted by Gasteiger charge is 2.21. The van der Waals surface area contributed by atoms with Crippen molar-refractivity contribution < 1.29 is 0 Å². The van der Waals surface area contributed by atoms with E-state index in [1.807, 2.05) is 0 Å². The normalized spacial score (nSPS) is 15.9. The lowest BCUT2D eigenvalue weighted by atomic mass is 10.2. The molecule has 3 rings (SSSR count). The summed E-state index contributed by atoms with van der Waals surface area (Å²) in [6.07, 6.45) is 4.57. The number of hydrogen-bond acceptors (Lipinski definition) is 4. The topological polar surface area (TPSA) is 37.8 Å². The summed E-state index contributed by atoms with van der Waals surface area (Å²) in [5, 5.41) is 4.98. The minimum atomic E-state index is 0.366. The molecule has 2 heterocycles. The second-order valence-corrected chi connectivity index (χ2v) is 6.27. The zero-order valence-corrected chi connectivity index (χ0v) is 12.2. The summed E-state index contributed by atoms with van der Waals surface area (Å²) in [5.74, 6) is 0.654. The molecular formula is C13H16ClN3S. The lowest BCUT2D eigenvalue weighted by molar-refractivity contribution is 0.754. The average Bonchev–Trinajstić information content (AvgIpc) is 2.87. The van der Waals surface area contributed by atoms with Gasteiger partial charge in [0.25, 0.3) is 0 Å². The predicted octanol–water partition coefficient (Wildman–Crippen LogP) is 4.04. The molecule has 5 heteroatoms. The highest BCUT2D eigenvalue weighted by atomic mass is 35.5. The van der Waals surface area contributed by atoms with Crippen molar-refractivity contribution in [2.75, 3.05) is 5.32 Å². The van der Waals surface area contributed by atoms with E-state index in [1.54, 1.807) is 11.3 Å². The Hall–Kier alpha value is -0.870. The van der Waals surface area contributed by atoms with Gasteiger partial charge in [0, 0.05) is 10.9 Å². The van der Waals surface area contributed by atoms with Crippen molar-refractivity contribution in [3.63, 3.8) is 0 Å². The van der Waals surface area contributed by atoms with Crippen molar-refractivity contribution in [1.29, 1.82) is 0 Å². The molecule has 0 saturated heterocycles. The molecule has 18 heavy (non-hydrogen) atoms. The Kier molecular flexibility index (Phi) is 3.16. The molecule has 0 aromatic carbocycles. The molecule has 1 unspecified atom stereocenters. The molecule has 0 radical (unpaired) electrons. The highest BCUT2D eigenvalue weighted by Crippen LogP contribution is 2.39. The third-order valence-corrected chi connectivity index (χ3v) is 4.97. The summed E-state index contributed by atoms with van der Waals surface area (Å²) in [4.78, 5) is 11.5. The van der Waals surface area contributed by atoms with Gasteiger partial charge in [-0.05, 0) is 38.2 Å². The maximum absolute atomic E-state index is 6.33. The van der Waals surface area contributed by atoms with E-state index in [1.165, 1.54) is 23.3 Å². The summed E-state index contributed by atoms with van der Waals surface area (Å²) in [6.45, 7) is 4.26. The second-order valence-electron chi connectivity index (χ2n) is 4.83. The molecule has 2 aromatic heterocycles. The van der Waals surface area contributed by atoms with Gasteiger partial charge in [-0.15, -0.1) is 11.3 Å². The van der Waals surface area contributed by atoms with Crippen LogP contribution in [0.25, 0.3) is 10.2 Å². The van der Waals surface area contributed by atoms with Crippen LogP contribution in [0.5, 0.6) is 0 Å². The van der Waals surface area contributed by atoms with E-state index in [2.05, 4.69) is 29.1 Å². The van der Waals surface area contributed by atoms with Crippen LogP contribution in [0.15, 0.2) is 0 Å². The number of aromatic nitrogens is 2. The Morgan fingerprint density at radius 1 is 1.39 bits per heavy atom. The molecule has 1 N–H and O–H groups in total. The van der Waals surface area contributed by atoms with E-state index in [0.29, 0.717) is 17.1 Å². The molecule has 1 aliphatic rings. The highest BCUT2D eigenvalue weighted by molar-refractivity contribution is 7.19.